The Morgan fingerprint density at radius 1 is 0.788 bits per heavy atom. The fourth-order valence-electron chi connectivity index (χ4n) is 4.12. The summed E-state index contributed by atoms with van der Waals surface area (Å²) >= 11 is 1.66. The Hall–Kier alpha value is -3.38. The van der Waals surface area contributed by atoms with Crippen LogP contribution in [-0.4, -0.2) is 38.7 Å². The third-order valence-electron chi connectivity index (χ3n) is 5.88. The SMILES string of the molecule is O=C(c1ccc(CSc2nnc(Cc3ccccc3)n2-c2ccccc2)cc1)N1CCCC1. The van der Waals surface area contributed by atoms with E-state index < -0.39 is 0 Å². The van der Waals surface area contributed by atoms with Gasteiger partial charge in [0.05, 0.1) is 0 Å². The Balaban J connectivity index is 1.33. The highest BCUT2D eigenvalue weighted by Gasteiger charge is 2.19. The van der Waals surface area contributed by atoms with E-state index in [1.165, 1.54) is 5.56 Å². The number of hydrogen-bond donors (Lipinski definition) is 0. The first kappa shape index (κ1) is 21.5. The molecule has 0 bridgehead atoms. The van der Waals surface area contributed by atoms with Crippen molar-refractivity contribution in [3.05, 3.63) is 107 Å². The summed E-state index contributed by atoms with van der Waals surface area (Å²) in [5.74, 6) is 1.82. The molecule has 6 heteroatoms. The average Bonchev–Trinajstić information content (AvgIpc) is 3.54. The van der Waals surface area contributed by atoms with E-state index >= 15 is 0 Å². The number of likely N-dealkylation sites (tertiary alicyclic amines) is 1. The average molecular weight is 455 g/mol. The van der Waals surface area contributed by atoms with Crippen molar-refractivity contribution < 1.29 is 4.79 Å². The van der Waals surface area contributed by atoms with Crippen molar-refractivity contribution in [2.24, 2.45) is 0 Å². The molecule has 0 unspecified atom stereocenters. The molecule has 1 aliphatic rings. The third-order valence-corrected chi connectivity index (χ3v) is 6.88. The van der Waals surface area contributed by atoms with Crippen molar-refractivity contribution in [2.45, 2.75) is 30.2 Å². The van der Waals surface area contributed by atoms with Crippen LogP contribution in [0.4, 0.5) is 0 Å². The molecular weight excluding hydrogens is 428 g/mol. The predicted molar refractivity (Wildman–Crippen MR) is 132 cm³/mol. The second-order valence-corrected chi connectivity index (χ2v) is 9.16. The van der Waals surface area contributed by atoms with E-state index in [0.29, 0.717) is 0 Å². The van der Waals surface area contributed by atoms with Crippen molar-refractivity contribution >= 4 is 17.7 Å². The molecule has 0 saturated carbocycles. The largest absolute Gasteiger partial charge is 0.339 e. The lowest BCUT2D eigenvalue weighted by Gasteiger charge is -2.15. The molecule has 0 atom stereocenters. The molecule has 0 aliphatic carbocycles. The summed E-state index contributed by atoms with van der Waals surface area (Å²) in [5.41, 5.74) is 4.19. The van der Waals surface area contributed by atoms with Crippen LogP contribution in [0.2, 0.25) is 0 Å². The van der Waals surface area contributed by atoms with Gasteiger partial charge in [-0.2, -0.15) is 0 Å². The van der Waals surface area contributed by atoms with Crippen LogP contribution in [-0.2, 0) is 12.2 Å². The Bertz CT molecular complexity index is 1200. The molecule has 5 rings (SSSR count). The van der Waals surface area contributed by atoms with Crippen molar-refractivity contribution in [1.29, 1.82) is 0 Å². The van der Waals surface area contributed by atoms with Crippen LogP contribution in [0.15, 0.2) is 90.1 Å². The summed E-state index contributed by atoms with van der Waals surface area (Å²) in [4.78, 5) is 14.5. The van der Waals surface area contributed by atoms with Crippen molar-refractivity contribution in [2.75, 3.05) is 13.1 Å². The summed E-state index contributed by atoms with van der Waals surface area (Å²) in [6.45, 7) is 1.74. The number of para-hydroxylation sites is 1. The van der Waals surface area contributed by atoms with Gasteiger partial charge in [0.15, 0.2) is 5.16 Å². The second kappa shape index (κ2) is 10.0. The van der Waals surface area contributed by atoms with Crippen LogP contribution in [0.1, 0.15) is 40.2 Å². The summed E-state index contributed by atoms with van der Waals surface area (Å²) in [5, 5.41) is 9.91. The molecule has 1 saturated heterocycles. The zero-order valence-corrected chi connectivity index (χ0v) is 19.2. The maximum absolute atomic E-state index is 12.6. The molecule has 4 aromatic rings. The minimum Gasteiger partial charge on any atom is -0.339 e. The minimum atomic E-state index is 0.140. The van der Waals surface area contributed by atoms with Gasteiger partial charge in [0.25, 0.3) is 5.91 Å². The Labute approximate surface area is 198 Å². The number of carbonyl (C=O) groups is 1. The number of amides is 1. The van der Waals surface area contributed by atoms with Gasteiger partial charge in [-0.05, 0) is 48.2 Å². The molecule has 0 N–H and O–H groups in total. The van der Waals surface area contributed by atoms with E-state index in [9.17, 15) is 4.79 Å². The predicted octanol–water partition coefficient (Wildman–Crippen LogP) is 5.39. The van der Waals surface area contributed by atoms with E-state index in [1.54, 1.807) is 11.8 Å². The monoisotopic (exact) mass is 454 g/mol. The fourth-order valence-corrected chi connectivity index (χ4v) is 5.04. The zero-order chi connectivity index (χ0) is 22.5. The zero-order valence-electron chi connectivity index (χ0n) is 18.4. The van der Waals surface area contributed by atoms with Crippen molar-refractivity contribution in [3.8, 4) is 5.69 Å². The molecule has 166 valence electrons. The molecule has 1 aliphatic heterocycles. The second-order valence-electron chi connectivity index (χ2n) is 8.22. The number of aromatic nitrogens is 3. The summed E-state index contributed by atoms with van der Waals surface area (Å²) in [6.07, 6.45) is 2.93. The molecule has 1 amide bonds. The topological polar surface area (TPSA) is 51.0 Å². The normalized spacial score (nSPS) is 13.4. The van der Waals surface area contributed by atoms with Crippen LogP contribution in [0.25, 0.3) is 5.69 Å². The molecule has 0 radical (unpaired) electrons. The molecule has 1 aromatic heterocycles. The number of thioether (sulfide) groups is 1. The Morgan fingerprint density at radius 2 is 1.45 bits per heavy atom. The lowest BCUT2D eigenvalue weighted by molar-refractivity contribution is 0.0793. The van der Waals surface area contributed by atoms with E-state index in [1.807, 2.05) is 65.6 Å². The summed E-state index contributed by atoms with van der Waals surface area (Å²) < 4.78 is 2.14. The van der Waals surface area contributed by atoms with Crippen LogP contribution in [0.5, 0.6) is 0 Å². The third kappa shape index (κ3) is 5.01. The van der Waals surface area contributed by atoms with Gasteiger partial charge in [-0.1, -0.05) is 72.4 Å². The number of nitrogens with zero attached hydrogens (tertiary/aromatic N) is 4. The summed E-state index contributed by atoms with van der Waals surface area (Å²) in [7, 11) is 0. The number of hydrogen-bond acceptors (Lipinski definition) is 4. The van der Waals surface area contributed by atoms with Crippen LogP contribution in [0.3, 0.4) is 0 Å². The Morgan fingerprint density at radius 3 is 2.15 bits per heavy atom. The molecule has 1 fully saturated rings. The van der Waals surface area contributed by atoms with Gasteiger partial charge in [-0.3, -0.25) is 9.36 Å². The number of rotatable bonds is 7. The summed E-state index contributed by atoms with van der Waals surface area (Å²) in [6, 6.07) is 28.6. The number of benzene rings is 3. The van der Waals surface area contributed by atoms with Crippen LogP contribution < -0.4 is 0 Å². The first-order chi connectivity index (χ1) is 16.3. The lowest BCUT2D eigenvalue weighted by Crippen LogP contribution is -2.27. The minimum absolute atomic E-state index is 0.140. The quantitative estimate of drug-likeness (QED) is 0.352. The molecule has 33 heavy (non-hydrogen) atoms. The number of carbonyl (C=O) groups excluding carboxylic acids is 1. The van der Waals surface area contributed by atoms with E-state index in [0.717, 1.165) is 65.9 Å². The highest BCUT2D eigenvalue weighted by molar-refractivity contribution is 7.98. The molecule has 0 spiro atoms. The maximum atomic E-state index is 12.6. The van der Waals surface area contributed by atoms with Gasteiger partial charge in [0, 0.05) is 36.5 Å². The van der Waals surface area contributed by atoms with Gasteiger partial charge in [-0.25, -0.2) is 0 Å². The lowest BCUT2D eigenvalue weighted by atomic mass is 10.1. The fraction of sp³-hybridized carbons (Fsp3) is 0.222. The highest BCUT2D eigenvalue weighted by atomic mass is 32.2. The van der Waals surface area contributed by atoms with E-state index in [-0.39, 0.29) is 5.91 Å². The standard InChI is InChI=1S/C27H26N4OS/c32-26(30-17-7-8-18-30)23-15-13-22(14-16-23)20-33-27-29-28-25(19-21-9-3-1-4-10-21)31(27)24-11-5-2-6-12-24/h1-6,9-16H,7-8,17-20H2. The molecular formula is C27H26N4OS. The smallest absolute Gasteiger partial charge is 0.253 e. The Kier molecular flexibility index (Phi) is 6.53. The maximum Gasteiger partial charge on any atom is 0.253 e. The van der Waals surface area contributed by atoms with Crippen molar-refractivity contribution in [3.63, 3.8) is 0 Å². The molecule has 3 aromatic carbocycles. The van der Waals surface area contributed by atoms with E-state index in [4.69, 9.17) is 0 Å². The molecule has 2 heterocycles. The van der Waals surface area contributed by atoms with Crippen molar-refractivity contribution in [1.82, 2.24) is 19.7 Å². The van der Waals surface area contributed by atoms with Crippen LogP contribution in [0, 0.1) is 0 Å². The van der Waals surface area contributed by atoms with Gasteiger partial charge in [0.2, 0.25) is 0 Å². The first-order valence-corrected chi connectivity index (χ1v) is 12.3. The highest BCUT2D eigenvalue weighted by Crippen LogP contribution is 2.26. The van der Waals surface area contributed by atoms with Gasteiger partial charge < -0.3 is 4.90 Å². The van der Waals surface area contributed by atoms with Gasteiger partial charge >= 0.3 is 0 Å². The molecule has 5 nitrogen and oxygen atoms in total. The first-order valence-electron chi connectivity index (χ1n) is 11.3. The van der Waals surface area contributed by atoms with Gasteiger partial charge in [-0.15, -0.1) is 10.2 Å². The van der Waals surface area contributed by atoms with Crippen LogP contribution >= 0.6 is 11.8 Å². The van der Waals surface area contributed by atoms with E-state index in [2.05, 4.69) is 39.0 Å². The van der Waals surface area contributed by atoms with Gasteiger partial charge in [0.1, 0.15) is 5.82 Å².